The molecular formula is C16H30O4. The van der Waals surface area contributed by atoms with Gasteiger partial charge in [-0.1, -0.05) is 40.0 Å². The largest absolute Gasteiger partial charge is 0.481 e. The van der Waals surface area contributed by atoms with Crippen LogP contribution in [0.5, 0.6) is 0 Å². The number of ether oxygens (including phenoxy) is 1. The van der Waals surface area contributed by atoms with Gasteiger partial charge in [-0.05, 0) is 31.6 Å². The molecule has 0 aliphatic rings. The van der Waals surface area contributed by atoms with Gasteiger partial charge in [0.15, 0.2) is 0 Å². The number of hydrogen-bond donors (Lipinski definition) is 1. The summed E-state index contributed by atoms with van der Waals surface area (Å²) < 4.78 is 5.51. The standard InChI is InChI=1S/C16H30O4/c1-4-5-6-7-10-14(13(2)3)20-16(19)12-9-8-11-15(17)18/h13-14H,4-12H2,1-3H3,(H,17,18). The molecule has 0 rings (SSSR count). The van der Waals surface area contributed by atoms with E-state index in [-0.39, 0.29) is 18.5 Å². The van der Waals surface area contributed by atoms with E-state index >= 15 is 0 Å². The van der Waals surface area contributed by atoms with Gasteiger partial charge in [0.05, 0.1) is 0 Å². The Balaban J connectivity index is 3.86. The summed E-state index contributed by atoms with van der Waals surface area (Å²) in [4.78, 5) is 22.1. The average molecular weight is 286 g/mol. The van der Waals surface area contributed by atoms with Gasteiger partial charge in [-0.15, -0.1) is 0 Å². The molecule has 0 amide bonds. The Morgan fingerprint density at radius 1 is 1.00 bits per heavy atom. The predicted octanol–water partition coefficient (Wildman–Crippen LogP) is 4.17. The maximum absolute atomic E-state index is 11.7. The van der Waals surface area contributed by atoms with Gasteiger partial charge in [0.1, 0.15) is 6.10 Å². The maximum Gasteiger partial charge on any atom is 0.306 e. The van der Waals surface area contributed by atoms with Crippen LogP contribution in [0.4, 0.5) is 0 Å². The van der Waals surface area contributed by atoms with E-state index in [0.717, 1.165) is 12.8 Å². The third-order valence-corrected chi connectivity index (χ3v) is 3.39. The predicted molar refractivity (Wildman–Crippen MR) is 79.6 cm³/mol. The lowest BCUT2D eigenvalue weighted by Gasteiger charge is -2.21. The minimum absolute atomic E-state index is 0.00108. The first-order valence-electron chi connectivity index (χ1n) is 7.88. The molecule has 4 nitrogen and oxygen atoms in total. The molecule has 1 N–H and O–H groups in total. The summed E-state index contributed by atoms with van der Waals surface area (Å²) in [6, 6.07) is 0. The Hall–Kier alpha value is -1.06. The van der Waals surface area contributed by atoms with E-state index in [9.17, 15) is 9.59 Å². The number of carboxylic acid groups (broad SMARTS) is 1. The molecule has 1 unspecified atom stereocenters. The lowest BCUT2D eigenvalue weighted by Crippen LogP contribution is -2.23. The second-order valence-electron chi connectivity index (χ2n) is 5.72. The fraction of sp³-hybridized carbons (Fsp3) is 0.875. The van der Waals surface area contributed by atoms with Crippen molar-refractivity contribution in [2.45, 2.75) is 84.7 Å². The zero-order valence-corrected chi connectivity index (χ0v) is 13.2. The van der Waals surface area contributed by atoms with Gasteiger partial charge in [0, 0.05) is 12.8 Å². The molecule has 0 heterocycles. The van der Waals surface area contributed by atoms with Gasteiger partial charge in [0.25, 0.3) is 0 Å². The molecule has 20 heavy (non-hydrogen) atoms. The zero-order valence-electron chi connectivity index (χ0n) is 13.2. The third-order valence-electron chi connectivity index (χ3n) is 3.39. The SMILES string of the molecule is CCCCCCC(OC(=O)CCCCC(=O)O)C(C)C. The van der Waals surface area contributed by atoms with Gasteiger partial charge in [0.2, 0.25) is 0 Å². The Bertz CT molecular complexity index is 274. The van der Waals surface area contributed by atoms with Crippen LogP contribution in [0, 0.1) is 5.92 Å². The third kappa shape index (κ3) is 10.8. The molecule has 4 heteroatoms. The fourth-order valence-corrected chi connectivity index (χ4v) is 2.07. The summed E-state index contributed by atoms with van der Waals surface area (Å²) in [6.45, 7) is 6.32. The van der Waals surface area contributed by atoms with E-state index in [1.165, 1.54) is 19.3 Å². The molecule has 0 spiro atoms. The first kappa shape index (κ1) is 18.9. The summed E-state index contributed by atoms with van der Waals surface area (Å²) in [7, 11) is 0. The summed E-state index contributed by atoms with van der Waals surface area (Å²) in [5.41, 5.74) is 0. The van der Waals surface area contributed by atoms with Crippen molar-refractivity contribution in [1.29, 1.82) is 0 Å². The number of carboxylic acids is 1. The van der Waals surface area contributed by atoms with Crippen LogP contribution in [-0.2, 0) is 14.3 Å². The first-order chi connectivity index (χ1) is 9.47. The second-order valence-corrected chi connectivity index (χ2v) is 5.72. The molecule has 118 valence electrons. The highest BCUT2D eigenvalue weighted by Gasteiger charge is 2.17. The van der Waals surface area contributed by atoms with Crippen molar-refractivity contribution in [3.05, 3.63) is 0 Å². The molecule has 0 aliphatic carbocycles. The number of unbranched alkanes of at least 4 members (excludes halogenated alkanes) is 4. The minimum atomic E-state index is -0.811. The van der Waals surface area contributed by atoms with E-state index in [0.29, 0.717) is 25.2 Å². The maximum atomic E-state index is 11.7. The summed E-state index contributed by atoms with van der Waals surface area (Å²) in [5.74, 6) is -0.668. The number of carbonyl (C=O) groups is 2. The van der Waals surface area contributed by atoms with Gasteiger partial charge < -0.3 is 9.84 Å². The lowest BCUT2D eigenvalue weighted by molar-refractivity contribution is -0.152. The normalized spacial score (nSPS) is 12.4. The quantitative estimate of drug-likeness (QED) is 0.432. The van der Waals surface area contributed by atoms with Gasteiger partial charge in [-0.3, -0.25) is 9.59 Å². The van der Waals surface area contributed by atoms with E-state index in [1.807, 2.05) is 0 Å². The van der Waals surface area contributed by atoms with Crippen molar-refractivity contribution in [2.24, 2.45) is 5.92 Å². The molecule has 0 aromatic rings. The van der Waals surface area contributed by atoms with Crippen molar-refractivity contribution in [3.8, 4) is 0 Å². The van der Waals surface area contributed by atoms with Crippen LogP contribution in [0.25, 0.3) is 0 Å². The molecule has 0 fully saturated rings. The Morgan fingerprint density at radius 2 is 1.65 bits per heavy atom. The van der Waals surface area contributed by atoms with Crippen LogP contribution < -0.4 is 0 Å². The van der Waals surface area contributed by atoms with Gasteiger partial charge in [-0.25, -0.2) is 0 Å². The average Bonchev–Trinajstić information content (AvgIpc) is 2.37. The Morgan fingerprint density at radius 3 is 2.20 bits per heavy atom. The smallest absolute Gasteiger partial charge is 0.306 e. The highest BCUT2D eigenvalue weighted by Crippen LogP contribution is 2.17. The number of rotatable bonds is 12. The molecule has 0 saturated heterocycles. The van der Waals surface area contributed by atoms with Crippen LogP contribution in [0.3, 0.4) is 0 Å². The first-order valence-corrected chi connectivity index (χ1v) is 7.88. The highest BCUT2D eigenvalue weighted by atomic mass is 16.5. The topological polar surface area (TPSA) is 63.6 Å². The Labute approximate surface area is 122 Å². The molecule has 0 aliphatic heterocycles. The van der Waals surface area contributed by atoms with Crippen molar-refractivity contribution >= 4 is 11.9 Å². The molecule has 0 aromatic heterocycles. The van der Waals surface area contributed by atoms with Crippen molar-refractivity contribution in [1.82, 2.24) is 0 Å². The number of carbonyl (C=O) groups excluding carboxylic acids is 1. The van der Waals surface area contributed by atoms with Crippen LogP contribution in [0.15, 0.2) is 0 Å². The van der Waals surface area contributed by atoms with E-state index in [1.54, 1.807) is 0 Å². The van der Waals surface area contributed by atoms with E-state index < -0.39 is 5.97 Å². The zero-order chi connectivity index (χ0) is 15.4. The van der Waals surface area contributed by atoms with Gasteiger partial charge >= 0.3 is 11.9 Å². The Kier molecular flexibility index (Phi) is 11.1. The molecule has 0 aromatic carbocycles. The van der Waals surface area contributed by atoms with Crippen LogP contribution in [0.1, 0.15) is 78.6 Å². The van der Waals surface area contributed by atoms with Crippen LogP contribution in [0.2, 0.25) is 0 Å². The van der Waals surface area contributed by atoms with Crippen LogP contribution >= 0.6 is 0 Å². The highest BCUT2D eigenvalue weighted by molar-refractivity contribution is 5.70. The fourth-order valence-electron chi connectivity index (χ4n) is 2.07. The summed E-state index contributed by atoms with van der Waals surface area (Å²) >= 11 is 0. The number of aliphatic carboxylic acids is 1. The van der Waals surface area contributed by atoms with Crippen molar-refractivity contribution in [3.63, 3.8) is 0 Å². The lowest BCUT2D eigenvalue weighted by atomic mass is 10.00. The van der Waals surface area contributed by atoms with E-state index in [4.69, 9.17) is 9.84 Å². The second kappa shape index (κ2) is 11.7. The van der Waals surface area contributed by atoms with Crippen LogP contribution in [-0.4, -0.2) is 23.1 Å². The number of esters is 1. The van der Waals surface area contributed by atoms with E-state index in [2.05, 4.69) is 20.8 Å². The molecular weight excluding hydrogens is 256 g/mol. The molecule has 0 bridgehead atoms. The van der Waals surface area contributed by atoms with Crippen molar-refractivity contribution in [2.75, 3.05) is 0 Å². The molecule has 0 saturated carbocycles. The van der Waals surface area contributed by atoms with Gasteiger partial charge in [-0.2, -0.15) is 0 Å². The summed E-state index contributed by atoms with van der Waals surface area (Å²) in [6.07, 6.45) is 7.22. The monoisotopic (exact) mass is 286 g/mol. The molecule has 1 atom stereocenters. The summed E-state index contributed by atoms with van der Waals surface area (Å²) in [5, 5.41) is 8.52. The minimum Gasteiger partial charge on any atom is -0.481 e. The molecule has 0 radical (unpaired) electrons. The number of hydrogen-bond acceptors (Lipinski definition) is 3. The van der Waals surface area contributed by atoms with Crippen molar-refractivity contribution < 1.29 is 19.4 Å².